The molecule has 6 N–H and O–H groups in total. The van der Waals surface area contributed by atoms with Crippen LogP contribution in [0.15, 0.2) is 150 Å². The van der Waals surface area contributed by atoms with Gasteiger partial charge in [0.2, 0.25) is 0 Å². The lowest BCUT2D eigenvalue weighted by atomic mass is 9.84. The highest BCUT2D eigenvalue weighted by Crippen LogP contribution is 2.36. The highest BCUT2D eigenvalue weighted by molar-refractivity contribution is 9.10. The number of urea groups is 2. The number of hydrogen-bond acceptors (Lipinski definition) is 6. The monoisotopic (exact) mass is 1140 g/mol. The van der Waals surface area contributed by atoms with Crippen LogP contribution < -0.4 is 31.1 Å². The molecule has 6 aromatic rings. The number of aliphatic carboxylic acids is 2. The molecule has 0 saturated heterocycles. The number of alkyl halides is 3. The fraction of sp³-hybridized carbons (Fsp3) is 0.311. The van der Waals surface area contributed by atoms with Gasteiger partial charge in [0.05, 0.1) is 31.5 Å². The number of carboxylic acids is 2. The van der Waals surface area contributed by atoms with Gasteiger partial charge in [0, 0.05) is 51.4 Å². The van der Waals surface area contributed by atoms with Crippen LogP contribution in [0, 0.1) is 0 Å². The van der Waals surface area contributed by atoms with Crippen molar-refractivity contribution < 1.29 is 52.2 Å². The van der Waals surface area contributed by atoms with Crippen molar-refractivity contribution in [2.24, 2.45) is 0 Å². The molecule has 0 heterocycles. The number of rotatable bonds is 18. The van der Waals surface area contributed by atoms with Gasteiger partial charge < -0.3 is 31.5 Å². The van der Waals surface area contributed by atoms with Crippen molar-refractivity contribution in [3.63, 3.8) is 0 Å². The molecule has 0 unspecified atom stereocenters. The molecule has 414 valence electrons. The molecule has 2 saturated carbocycles. The number of carboxylic acid groups (broad SMARTS) is 2. The van der Waals surface area contributed by atoms with Crippen molar-refractivity contribution in [2.75, 3.05) is 33.5 Å². The Morgan fingerprint density at radius 1 is 0.506 bits per heavy atom. The highest BCUT2D eigenvalue weighted by Gasteiger charge is 2.31. The number of nitrogens with zero attached hydrogens (tertiary/aromatic N) is 2. The number of hydrogen-bond donors (Lipinski definition) is 6. The summed E-state index contributed by atoms with van der Waals surface area (Å²) in [4.78, 5) is 76.0. The van der Waals surface area contributed by atoms with E-state index in [-0.39, 0.29) is 50.1 Å². The first-order valence-electron chi connectivity index (χ1n) is 26.5. The lowest BCUT2D eigenvalue weighted by molar-refractivity contribution is -0.138. The Balaban J connectivity index is 0.000000229. The van der Waals surface area contributed by atoms with Crippen molar-refractivity contribution in [3.05, 3.63) is 189 Å². The molecule has 0 aliphatic heterocycles. The molecule has 6 amide bonds. The molecule has 2 aliphatic rings. The minimum absolute atomic E-state index is 0.00371. The lowest BCUT2D eigenvalue weighted by Crippen LogP contribution is -2.34. The summed E-state index contributed by atoms with van der Waals surface area (Å²) < 4.78 is 40.5. The van der Waals surface area contributed by atoms with Crippen LogP contribution in [0.5, 0.6) is 0 Å². The van der Waals surface area contributed by atoms with Crippen molar-refractivity contribution in [1.82, 2.24) is 10.6 Å². The lowest BCUT2D eigenvalue weighted by Gasteiger charge is -2.26. The average Bonchev–Trinajstić information content (AvgIpc) is 3.47. The minimum Gasteiger partial charge on any atom is -0.481 e. The fourth-order valence-corrected chi connectivity index (χ4v) is 10.1. The first kappa shape index (κ1) is 58.7. The Morgan fingerprint density at radius 3 is 1.28 bits per heavy atom. The number of halogens is 4. The van der Waals surface area contributed by atoms with E-state index < -0.39 is 35.6 Å². The van der Waals surface area contributed by atoms with Crippen LogP contribution in [-0.4, -0.2) is 59.1 Å². The summed E-state index contributed by atoms with van der Waals surface area (Å²) in [6.45, 7) is 0.463. The number of benzene rings is 6. The smallest absolute Gasteiger partial charge is 0.416 e. The van der Waals surface area contributed by atoms with Crippen molar-refractivity contribution in [2.45, 2.75) is 108 Å². The standard InChI is InChI=1S/C31H32F3N3O4.C30H32BrN3O4/c32-31(33,34)25-7-4-8-26(19-25)36-30(41)37(27-15-13-23(14-16-27)22-5-2-1-3-6-22)20-21-9-11-24(12-10-21)29(40)35-18-17-28(38)39;31-25-7-4-8-26(19-25)33-30(38)34(27-15-13-23(14-16-27)22-5-2-1-3-6-22)20-21-9-11-24(12-10-21)29(37)32-18-17-28(35)36/h4,7-16,19,22H,1-3,5-6,17-18,20H2,(H,35,40)(H,36,41)(H,38,39);4,7-16,19,22H,1-3,5-6,17-18,20H2,(H,32,37)(H,33,38)(H,35,36). The van der Waals surface area contributed by atoms with Gasteiger partial charge >= 0.3 is 30.2 Å². The summed E-state index contributed by atoms with van der Waals surface area (Å²) in [7, 11) is 0. The molecule has 0 aromatic heterocycles. The van der Waals surface area contributed by atoms with E-state index in [1.165, 1.54) is 79.5 Å². The number of carbonyl (C=O) groups excluding carboxylic acids is 4. The molecule has 0 bridgehead atoms. The summed E-state index contributed by atoms with van der Waals surface area (Å²) in [5, 5.41) is 28.2. The molecule has 8 rings (SSSR count). The predicted molar refractivity (Wildman–Crippen MR) is 303 cm³/mol. The van der Waals surface area contributed by atoms with Gasteiger partial charge in [0.1, 0.15) is 0 Å². The molecule has 2 aliphatic carbocycles. The Hall–Kier alpha value is -7.99. The summed E-state index contributed by atoms with van der Waals surface area (Å²) in [6, 6.07) is 40.5. The number of carbonyl (C=O) groups is 6. The highest BCUT2D eigenvalue weighted by atomic mass is 79.9. The van der Waals surface area contributed by atoms with E-state index in [4.69, 9.17) is 10.2 Å². The quantitative estimate of drug-likeness (QED) is 0.0489. The molecule has 2 fully saturated rings. The summed E-state index contributed by atoms with van der Waals surface area (Å²) in [5.41, 5.74) is 6.01. The van der Waals surface area contributed by atoms with Crippen molar-refractivity contribution >= 4 is 74.5 Å². The van der Waals surface area contributed by atoms with Crippen LogP contribution >= 0.6 is 15.9 Å². The van der Waals surface area contributed by atoms with Crippen LogP contribution in [0.4, 0.5) is 45.5 Å². The van der Waals surface area contributed by atoms with Crippen LogP contribution in [0.25, 0.3) is 0 Å². The van der Waals surface area contributed by atoms with E-state index in [0.717, 1.165) is 40.7 Å². The van der Waals surface area contributed by atoms with Crippen molar-refractivity contribution in [1.29, 1.82) is 0 Å². The zero-order chi connectivity index (χ0) is 56.3. The molecule has 79 heavy (non-hydrogen) atoms. The van der Waals surface area contributed by atoms with Gasteiger partial charge in [-0.05, 0) is 145 Å². The second-order valence-corrected chi connectivity index (χ2v) is 20.6. The second kappa shape index (κ2) is 28.6. The van der Waals surface area contributed by atoms with Crippen LogP contribution in [0.3, 0.4) is 0 Å². The Kier molecular flexibility index (Phi) is 21.2. The Labute approximate surface area is 465 Å². The van der Waals surface area contributed by atoms with Gasteiger partial charge in [-0.1, -0.05) is 115 Å². The number of anilines is 4. The molecular formula is C61H64BrF3N6O8. The molecule has 0 radical (unpaired) electrons. The van der Waals surface area contributed by atoms with E-state index in [1.807, 2.05) is 72.8 Å². The molecule has 14 nitrogen and oxygen atoms in total. The molecule has 0 spiro atoms. The number of nitrogens with one attached hydrogen (secondary N) is 4. The minimum atomic E-state index is -4.54. The third-order valence-electron chi connectivity index (χ3n) is 13.9. The molecular weight excluding hydrogens is 1080 g/mol. The maximum Gasteiger partial charge on any atom is 0.416 e. The van der Waals surface area contributed by atoms with E-state index in [1.54, 1.807) is 41.3 Å². The first-order valence-corrected chi connectivity index (χ1v) is 27.3. The maximum atomic E-state index is 13.5. The molecule has 18 heteroatoms. The van der Waals surface area contributed by atoms with Gasteiger partial charge in [-0.2, -0.15) is 13.2 Å². The predicted octanol–water partition coefficient (Wildman–Crippen LogP) is 14.1. The van der Waals surface area contributed by atoms with Gasteiger partial charge in [-0.25, -0.2) is 9.59 Å². The maximum absolute atomic E-state index is 13.5. The Bertz CT molecular complexity index is 3020. The van der Waals surface area contributed by atoms with Crippen LogP contribution in [0.2, 0.25) is 0 Å². The normalized spacial score (nSPS) is 13.7. The van der Waals surface area contributed by atoms with Gasteiger partial charge in [-0.15, -0.1) is 0 Å². The van der Waals surface area contributed by atoms with E-state index in [0.29, 0.717) is 46.4 Å². The topological polar surface area (TPSA) is 197 Å². The van der Waals surface area contributed by atoms with E-state index >= 15 is 0 Å². The number of amides is 6. The van der Waals surface area contributed by atoms with Crippen LogP contribution in [-0.2, 0) is 28.9 Å². The van der Waals surface area contributed by atoms with Gasteiger partial charge in [0.15, 0.2) is 0 Å². The average molecular weight is 1150 g/mol. The van der Waals surface area contributed by atoms with Gasteiger partial charge in [-0.3, -0.25) is 29.0 Å². The van der Waals surface area contributed by atoms with Crippen LogP contribution in [0.1, 0.15) is 137 Å². The van der Waals surface area contributed by atoms with E-state index in [2.05, 4.69) is 49.3 Å². The summed E-state index contributed by atoms with van der Waals surface area (Å²) in [6.07, 6.45) is 7.23. The zero-order valence-electron chi connectivity index (χ0n) is 43.6. The first-order chi connectivity index (χ1) is 38.0. The fourth-order valence-electron chi connectivity index (χ4n) is 9.67. The molecule has 6 aromatic carbocycles. The third-order valence-corrected chi connectivity index (χ3v) is 14.4. The summed E-state index contributed by atoms with van der Waals surface area (Å²) in [5.74, 6) is -1.68. The van der Waals surface area contributed by atoms with E-state index in [9.17, 15) is 41.9 Å². The Morgan fingerprint density at radius 2 is 0.899 bits per heavy atom. The molecule has 0 atom stereocenters. The SMILES string of the molecule is O=C(O)CCNC(=O)c1ccc(CN(C(=O)Nc2cccc(Br)c2)c2ccc(C3CCCCC3)cc2)cc1.O=C(O)CCNC(=O)c1ccc(CN(C(=O)Nc2cccc(C(F)(F)F)c2)c2ccc(C3CCCCC3)cc2)cc1. The second-order valence-electron chi connectivity index (χ2n) is 19.7. The zero-order valence-corrected chi connectivity index (χ0v) is 45.2. The third kappa shape index (κ3) is 18.0. The van der Waals surface area contributed by atoms with Gasteiger partial charge in [0.25, 0.3) is 11.8 Å². The van der Waals surface area contributed by atoms with Crippen molar-refractivity contribution in [3.8, 4) is 0 Å². The summed E-state index contributed by atoms with van der Waals surface area (Å²) >= 11 is 3.45. The largest absolute Gasteiger partial charge is 0.481 e.